The lowest BCUT2D eigenvalue weighted by Crippen LogP contribution is -2.48. The largest absolute Gasteiger partial charge is 0.493 e. The summed E-state index contributed by atoms with van der Waals surface area (Å²) in [6.07, 6.45) is -2.91. The van der Waals surface area contributed by atoms with Crippen LogP contribution in [0.5, 0.6) is 5.75 Å². The number of alkyl halides is 4. The summed E-state index contributed by atoms with van der Waals surface area (Å²) in [6.45, 7) is 0.762. The monoisotopic (exact) mass is 436 g/mol. The molecule has 2 aliphatic rings. The molecule has 2 N–H and O–H groups in total. The maximum Gasteiger partial charge on any atom is 0.431 e. The number of aromatic amines is 1. The number of fused-ring (bicyclic) bond motifs is 2. The molecule has 10 heteroatoms. The number of benzene rings is 1. The number of rotatable bonds is 3. The highest BCUT2D eigenvalue weighted by molar-refractivity contribution is 5.88. The average molecular weight is 436 g/mol. The molecule has 0 aliphatic carbocycles. The van der Waals surface area contributed by atoms with Crippen molar-refractivity contribution in [3.8, 4) is 5.75 Å². The molecule has 0 spiro atoms. The van der Waals surface area contributed by atoms with Crippen LogP contribution in [0.3, 0.4) is 0 Å². The number of anilines is 1. The molecule has 3 aromatic rings. The molecule has 0 saturated carbocycles. The van der Waals surface area contributed by atoms with Gasteiger partial charge in [-0.2, -0.15) is 13.2 Å². The summed E-state index contributed by atoms with van der Waals surface area (Å²) in [4.78, 5) is 10.4. The number of nitrogens with one attached hydrogen (secondary N) is 2. The van der Waals surface area contributed by atoms with Crippen molar-refractivity contribution in [2.24, 2.45) is 5.92 Å². The zero-order chi connectivity index (χ0) is 21.6. The second-order valence-corrected chi connectivity index (χ2v) is 7.89. The van der Waals surface area contributed by atoms with Crippen molar-refractivity contribution in [1.29, 1.82) is 0 Å². The predicted octanol–water partition coefficient (Wildman–Crippen LogP) is 4.66. The Bertz CT molecular complexity index is 1090. The van der Waals surface area contributed by atoms with Gasteiger partial charge in [0, 0.05) is 31.6 Å². The molecule has 2 aromatic heterocycles. The van der Waals surface area contributed by atoms with E-state index in [9.17, 15) is 13.2 Å². The van der Waals surface area contributed by atoms with Gasteiger partial charge < -0.3 is 19.8 Å². The van der Waals surface area contributed by atoms with Crippen molar-refractivity contribution in [2.75, 3.05) is 25.1 Å². The molecule has 0 radical (unpaired) electrons. The van der Waals surface area contributed by atoms with Gasteiger partial charge in [0.25, 0.3) is 0 Å². The highest BCUT2D eigenvalue weighted by atomic mass is 19.4. The number of nitrogens with zero attached hydrogens (tertiary/aromatic N) is 2. The van der Waals surface area contributed by atoms with Crippen molar-refractivity contribution < 1.29 is 27.0 Å². The van der Waals surface area contributed by atoms with Gasteiger partial charge in [-0.15, -0.1) is 0 Å². The van der Waals surface area contributed by atoms with E-state index in [1.807, 2.05) is 18.2 Å². The summed E-state index contributed by atoms with van der Waals surface area (Å²) in [5, 5.41) is 3.41. The van der Waals surface area contributed by atoms with Crippen LogP contribution in [-0.4, -0.2) is 40.4 Å². The van der Waals surface area contributed by atoms with E-state index in [0.717, 1.165) is 11.6 Å². The molecule has 2 aliphatic heterocycles. The van der Waals surface area contributed by atoms with E-state index >= 15 is 4.39 Å². The van der Waals surface area contributed by atoms with E-state index in [-0.39, 0.29) is 36.3 Å². The summed E-state index contributed by atoms with van der Waals surface area (Å²) >= 11 is 0. The smallest absolute Gasteiger partial charge is 0.431 e. The Morgan fingerprint density at radius 2 is 1.90 bits per heavy atom. The number of para-hydroxylation sites is 1. The topological polar surface area (TPSA) is 72.1 Å². The molecule has 31 heavy (non-hydrogen) atoms. The highest BCUT2D eigenvalue weighted by Gasteiger charge is 2.48. The van der Waals surface area contributed by atoms with E-state index in [4.69, 9.17) is 9.47 Å². The summed E-state index contributed by atoms with van der Waals surface area (Å²) in [7, 11) is 0. The fourth-order valence-electron chi connectivity index (χ4n) is 4.42. The first-order valence-corrected chi connectivity index (χ1v) is 10.0. The third-order valence-corrected chi connectivity index (χ3v) is 6.09. The van der Waals surface area contributed by atoms with Crippen LogP contribution in [0.15, 0.2) is 36.7 Å². The van der Waals surface area contributed by atoms with Gasteiger partial charge in [0.2, 0.25) is 0 Å². The van der Waals surface area contributed by atoms with Crippen LogP contribution in [0.4, 0.5) is 23.4 Å². The van der Waals surface area contributed by atoms with Gasteiger partial charge >= 0.3 is 6.18 Å². The van der Waals surface area contributed by atoms with Crippen molar-refractivity contribution in [3.63, 3.8) is 0 Å². The molecule has 0 amide bonds. The number of aromatic nitrogens is 3. The van der Waals surface area contributed by atoms with Gasteiger partial charge in [-0.05, 0) is 12.1 Å². The van der Waals surface area contributed by atoms with Crippen LogP contribution in [0.25, 0.3) is 11.0 Å². The molecule has 2 atom stereocenters. The highest BCUT2D eigenvalue weighted by Crippen LogP contribution is 2.47. The zero-order valence-electron chi connectivity index (χ0n) is 16.4. The minimum atomic E-state index is -4.54. The maximum absolute atomic E-state index is 16.0. The van der Waals surface area contributed by atoms with Crippen LogP contribution in [0.1, 0.15) is 30.1 Å². The normalized spacial score (nSPS) is 23.2. The van der Waals surface area contributed by atoms with Crippen molar-refractivity contribution >= 4 is 16.9 Å². The Kier molecular flexibility index (Phi) is 4.76. The van der Waals surface area contributed by atoms with Gasteiger partial charge in [0.05, 0.1) is 24.0 Å². The molecule has 6 nitrogen and oxygen atoms in total. The van der Waals surface area contributed by atoms with Crippen LogP contribution >= 0.6 is 0 Å². The minimum absolute atomic E-state index is 0.0581. The van der Waals surface area contributed by atoms with Crippen molar-refractivity contribution in [3.05, 3.63) is 47.9 Å². The minimum Gasteiger partial charge on any atom is -0.493 e. The Balaban J connectivity index is 1.57. The second kappa shape index (κ2) is 7.37. The first-order valence-electron chi connectivity index (χ1n) is 10.0. The summed E-state index contributed by atoms with van der Waals surface area (Å²) in [5.41, 5.74) is -1.66. The predicted molar refractivity (Wildman–Crippen MR) is 105 cm³/mol. The molecule has 0 bridgehead atoms. The van der Waals surface area contributed by atoms with Crippen molar-refractivity contribution in [2.45, 2.75) is 30.7 Å². The molecule has 164 valence electrons. The van der Waals surface area contributed by atoms with Crippen LogP contribution < -0.4 is 10.1 Å². The van der Waals surface area contributed by atoms with E-state index in [0.29, 0.717) is 19.0 Å². The first kappa shape index (κ1) is 20.0. The van der Waals surface area contributed by atoms with Gasteiger partial charge in [-0.3, -0.25) is 0 Å². The van der Waals surface area contributed by atoms with Crippen molar-refractivity contribution in [1.82, 2.24) is 15.0 Å². The lowest BCUT2D eigenvalue weighted by molar-refractivity contribution is -0.140. The fraction of sp³-hybridized carbons (Fsp3) is 0.429. The Labute approximate surface area is 175 Å². The number of hydrogen-bond acceptors (Lipinski definition) is 5. The number of halogens is 4. The van der Waals surface area contributed by atoms with Crippen LogP contribution in [0.2, 0.25) is 0 Å². The van der Waals surface area contributed by atoms with E-state index in [1.165, 1.54) is 6.33 Å². The number of H-pyrrole nitrogens is 1. The van der Waals surface area contributed by atoms with Crippen LogP contribution in [0, 0.1) is 5.92 Å². The van der Waals surface area contributed by atoms with Crippen LogP contribution in [-0.2, 0) is 10.9 Å². The molecular formula is C21H20F4N4O2. The maximum atomic E-state index is 16.0. The first-order chi connectivity index (χ1) is 14.9. The SMILES string of the molecule is FC(F)(F)c1cc2c(N[C@H]3c4ccccc4OC[C@@H]3C3(F)CCOCC3)ncnc2[nH]1. The quantitative estimate of drug-likeness (QED) is 0.585. The van der Waals surface area contributed by atoms with Gasteiger partial charge in [-0.25, -0.2) is 14.4 Å². The second-order valence-electron chi connectivity index (χ2n) is 7.89. The third-order valence-electron chi connectivity index (χ3n) is 6.09. The molecule has 4 heterocycles. The Hall–Kier alpha value is -2.88. The van der Waals surface area contributed by atoms with Gasteiger partial charge in [-0.1, -0.05) is 18.2 Å². The molecule has 5 rings (SSSR count). The Morgan fingerprint density at radius 3 is 2.68 bits per heavy atom. The summed E-state index contributed by atoms with van der Waals surface area (Å²) in [5.74, 6) is 0.249. The number of hydrogen-bond donors (Lipinski definition) is 2. The standard InChI is InChI=1S/C21H20F4N4O2/c22-20(5-7-30-8-6-20)14-10-31-15-4-2-1-3-12(15)17(14)29-19-13-9-16(21(23,24)25)28-18(13)26-11-27-19/h1-4,9,11,14,17H,5-8,10H2,(H2,26,27,28,29)/t14-,17-/m0/s1. The average Bonchev–Trinajstić information content (AvgIpc) is 3.20. The van der Waals surface area contributed by atoms with Gasteiger partial charge in [0.15, 0.2) is 0 Å². The summed E-state index contributed by atoms with van der Waals surface area (Å²) in [6, 6.07) is 7.69. The summed E-state index contributed by atoms with van der Waals surface area (Å²) < 4.78 is 66.8. The molecule has 1 aromatic carbocycles. The van der Waals surface area contributed by atoms with E-state index in [1.54, 1.807) is 6.07 Å². The fourth-order valence-corrected chi connectivity index (χ4v) is 4.42. The molecule has 1 saturated heterocycles. The molecule has 1 fully saturated rings. The number of ether oxygens (including phenoxy) is 2. The van der Waals surface area contributed by atoms with E-state index in [2.05, 4.69) is 20.3 Å². The molecule has 0 unspecified atom stereocenters. The lowest BCUT2D eigenvalue weighted by Gasteiger charge is -2.44. The Morgan fingerprint density at radius 1 is 1.13 bits per heavy atom. The lowest BCUT2D eigenvalue weighted by atomic mass is 9.75. The molecular weight excluding hydrogens is 416 g/mol. The van der Waals surface area contributed by atoms with E-state index < -0.39 is 29.5 Å². The third kappa shape index (κ3) is 3.58. The zero-order valence-corrected chi connectivity index (χ0v) is 16.4. The van der Waals surface area contributed by atoms with Gasteiger partial charge in [0.1, 0.15) is 34.9 Å².